The fourth-order valence-corrected chi connectivity index (χ4v) is 2.96. The Morgan fingerprint density at radius 2 is 2.17 bits per heavy atom. The van der Waals surface area contributed by atoms with E-state index in [9.17, 15) is 4.79 Å². The summed E-state index contributed by atoms with van der Waals surface area (Å²) in [5.74, 6) is 0. The van der Waals surface area contributed by atoms with Crippen molar-refractivity contribution in [3.8, 4) is 0 Å². The van der Waals surface area contributed by atoms with Crippen LogP contribution in [0.3, 0.4) is 0 Å². The van der Waals surface area contributed by atoms with Gasteiger partial charge in [0.1, 0.15) is 6.29 Å². The number of thiophene rings is 1. The van der Waals surface area contributed by atoms with Crippen molar-refractivity contribution >= 4 is 34.9 Å². The first kappa shape index (κ1) is 13.1. The molecule has 0 bridgehead atoms. The average molecular weight is 280 g/mol. The van der Waals surface area contributed by atoms with Crippen molar-refractivity contribution in [1.82, 2.24) is 0 Å². The van der Waals surface area contributed by atoms with Gasteiger partial charge in [-0.15, -0.1) is 11.3 Å². The number of aldehydes is 1. The van der Waals surface area contributed by atoms with E-state index in [0.717, 1.165) is 12.0 Å². The van der Waals surface area contributed by atoms with Crippen molar-refractivity contribution in [2.24, 2.45) is 0 Å². The van der Waals surface area contributed by atoms with E-state index in [1.807, 2.05) is 19.2 Å². The number of carbonyl (C=O) groups excluding carboxylic acids is 1. The first-order chi connectivity index (χ1) is 8.63. The molecular weight excluding hydrogens is 266 g/mol. The number of benzene rings is 1. The van der Waals surface area contributed by atoms with E-state index in [0.29, 0.717) is 10.6 Å². The first-order valence-electron chi connectivity index (χ1n) is 5.64. The summed E-state index contributed by atoms with van der Waals surface area (Å²) >= 11 is 7.94. The van der Waals surface area contributed by atoms with Crippen molar-refractivity contribution in [2.75, 3.05) is 11.9 Å². The van der Waals surface area contributed by atoms with Gasteiger partial charge in [-0.1, -0.05) is 17.7 Å². The molecule has 0 amide bonds. The third-order valence-corrected chi connectivity index (χ3v) is 4.37. The molecule has 0 N–H and O–H groups in total. The predicted molar refractivity (Wildman–Crippen MR) is 78.0 cm³/mol. The summed E-state index contributed by atoms with van der Waals surface area (Å²) in [6.07, 6.45) is 0.804. The van der Waals surface area contributed by atoms with Gasteiger partial charge < -0.3 is 4.90 Å². The zero-order valence-electron chi connectivity index (χ0n) is 10.3. The van der Waals surface area contributed by atoms with Gasteiger partial charge in [-0.25, -0.2) is 0 Å². The molecule has 2 nitrogen and oxygen atoms in total. The van der Waals surface area contributed by atoms with Crippen LogP contribution in [0, 0.1) is 0 Å². The third-order valence-electron chi connectivity index (χ3n) is 3.02. The van der Waals surface area contributed by atoms with E-state index in [1.165, 1.54) is 4.88 Å². The second kappa shape index (κ2) is 5.55. The standard InChI is InChI=1S/C14H14ClNOS/c1-10(14-4-3-7-18-14)16(2)13-6-5-11(9-17)8-12(13)15/h3-10H,1-2H3. The number of rotatable bonds is 4. The Morgan fingerprint density at radius 1 is 1.39 bits per heavy atom. The molecule has 0 aliphatic heterocycles. The van der Waals surface area contributed by atoms with Crippen molar-refractivity contribution in [3.63, 3.8) is 0 Å². The van der Waals surface area contributed by atoms with E-state index in [4.69, 9.17) is 11.6 Å². The van der Waals surface area contributed by atoms with Gasteiger partial charge in [-0.3, -0.25) is 4.79 Å². The Labute approximate surface area is 116 Å². The molecule has 0 saturated heterocycles. The molecule has 0 fully saturated rings. The average Bonchev–Trinajstić information content (AvgIpc) is 2.90. The summed E-state index contributed by atoms with van der Waals surface area (Å²) in [4.78, 5) is 14.1. The summed E-state index contributed by atoms with van der Waals surface area (Å²) in [6.45, 7) is 2.13. The quantitative estimate of drug-likeness (QED) is 0.773. The molecule has 18 heavy (non-hydrogen) atoms. The van der Waals surface area contributed by atoms with Crippen molar-refractivity contribution in [2.45, 2.75) is 13.0 Å². The molecule has 1 heterocycles. The van der Waals surface area contributed by atoms with Gasteiger partial charge in [-0.2, -0.15) is 0 Å². The summed E-state index contributed by atoms with van der Waals surface area (Å²) < 4.78 is 0. The predicted octanol–water partition coefficient (Wildman–Crippen LogP) is 4.41. The summed E-state index contributed by atoms with van der Waals surface area (Å²) in [5.41, 5.74) is 1.53. The van der Waals surface area contributed by atoms with Gasteiger partial charge in [0.15, 0.2) is 0 Å². The second-order valence-corrected chi connectivity index (χ2v) is 5.52. The maximum atomic E-state index is 10.7. The van der Waals surface area contributed by atoms with Crippen molar-refractivity contribution in [1.29, 1.82) is 0 Å². The molecule has 0 spiro atoms. The number of anilines is 1. The maximum Gasteiger partial charge on any atom is 0.150 e. The SMILES string of the molecule is CC(c1cccs1)N(C)c1ccc(C=O)cc1Cl. The van der Waals surface area contributed by atoms with Crippen LogP contribution < -0.4 is 4.90 Å². The van der Waals surface area contributed by atoms with Gasteiger partial charge in [0.05, 0.1) is 16.8 Å². The number of carbonyl (C=O) groups is 1. The smallest absolute Gasteiger partial charge is 0.150 e. The molecular formula is C14H14ClNOS. The van der Waals surface area contributed by atoms with E-state index < -0.39 is 0 Å². The second-order valence-electron chi connectivity index (χ2n) is 4.13. The Morgan fingerprint density at radius 3 is 2.72 bits per heavy atom. The molecule has 0 aliphatic carbocycles. The van der Waals surface area contributed by atoms with Crippen molar-refractivity contribution < 1.29 is 4.79 Å². The molecule has 2 aromatic rings. The van der Waals surface area contributed by atoms with Crippen LogP contribution in [0.15, 0.2) is 35.7 Å². The molecule has 2 rings (SSSR count). The van der Waals surface area contributed by atoms with Crippen LogP contribution in [0.1, 0.15) is 28.2 Å². The fourth-order valence-electron chi connectivity index (χ4n) is 1.81. The van der Waals surface area contributed by atoms with E-state index >= 15 is 0 Å². The fraction of sp³-hybridized carbons (Fsp3) is 0.214. The normalized spacial score (nSPS) is 12.2. The molecule has 1 atom stereocenters. The van der Waals surface area contributed by atoms with Crippen LogP contribution in [-0.2, 0) is 0 Å². The van der Waals surface area contributed by atoms with Gasteiger partial charge in [0.2, 0.25) is 0 Å². The summed E-state index contributed by atoms with van der Waals surface area (Å²) in [6, 6.07) is 9.77. The lowest BCUT2D eigenvalue weighted by Crippen LogP contribution is -2.21. The Bertz CT molecular complexity index is 539. The van der Waals surface area contributed by atoms with Gasteiger partial charge in [0, 0.05) is 17.5 Å². The molecule has 1 aromatic carbocycles. The van der Waals surface area contributed by atoms with Crippen LogP contribution in [0.2, 0.25) is 5.02 Å². The molecule has 4 heteroatoms. The highest BCUT2D eigenvalue weighted by Crippen LogP contribution is 2.33. The number of hydrogen-bond donors (Lipinski definition) is 0. The lowest BCUT2D eigenvalue weighted by Gasteiger charge is -2.27. The van der Waals surface area contributed by atoms with E-state index in [2.05, 4.69) is 23.3 Å². The summed E-state index contributed by atoms with van der Waals surface area (Å²) in [7, 11) is 2.01. The molecule has 0 aliphatic rings. The Kier molecular flexibility index (Phi) is 4.04. The number of nitrogens with zero attached hydrogens (tertiary/aromatic N) is 1. The Hall–Kier alpha value is -1.32. The minimum absolute atomic E-state index is 0.254. The highest BCUT2D eigenvalue weighted by Gasteiger charge is 2.15. The largest absolute Gasteiger partial charge is 0.366 e. The number of hydrogen-bond acceptors (Lipinski definition) is 3. The van der Waals surface area contributed by atoms with Crippen LogP contribution in [0.4, 0.5) is 5.69 Å². The lowest BCUT2D eigenvalue weighted by molar-refractivity contribution is 0.112. The zero-order valence-corrected chi connectivity index (χ0v) is 11.8. The minimum atomic E-state index is 0.254. The molecule has 0 radical (unpaired) electrons. The highest BCUT2D eigenvalue weighted by atomic mass is 35.5. The van der Waals surface area contributed by atoms with Crippen LogP contribution >= 0.6 is 22.9 Å². The highest BCUT2D eigenvalue weighted by molar-refractivity contribution is 7.10. The van der Waals surface area contributed by atoms with Crippen LogP contribution in [-0.4, -0.2) is 13.3 Å². The number of halogens is 1. The molecule has 94 valence electrons. The third kappa shape index (κ3) is 2.57. The molecule has 1 unspecified atom stereocenters. The van der Waals surface area contributed by atoms with Crippen LogP contribution in [0.25, 0.3) is 0 Å². The van der Waals surface area contributed by atoms with Gasteiger partial charge in [-0.05, 0) is 36.6 Å². The molecule has 0 saturated carbocycles. The topological polar surface area (TPSA) is 20.3 Å². The Balaban J connectivity index is 2.28. The minimum Gasteiger partial charge on any atom is -0.366 e. The first-order valence-corrected chi connectivity index (χ1v) is 6.90. The van der Waals surface area contributed by atoms with E-state index in [1.54, 1.807) is 23.5 Å². The maximum absolute atomic E-state index is 10.7. The molecule has 1 aromatic heterocycles. The van der Waals surface area contributed by atoms with Crippen molar-refractivity contribution in [3.05, 3.63) is 51.2 Å². The van der Waals surface area contributed by atoms with Gasteiger partial charge in [0.25, 0.3) is 0 Å². The van der Waals surface area contributed by atoms with Gasteiger partial charge >= 0.3 is 0 Å². The summed E-state index contributed by atoms with van der Waals surface area (Å²) in [5, 5.41) is 2.67. The van der Waals surface area contributed by atoms with E-state index in [-0.39, 0.29) is 6.04 Å². The monoisotopic (exact) mass is 279 g/mol. The van der Waals surface area contributed by atoms with Crippen LogP contribution in [0.5, 0.6) is 0 Å². The zero-order chi connectivity index (χ0) is 13.1. The lowest BCUT2D eigenvalue weighted by atomic mass is 10.1.